The van der Waals surface area contributed by atoms with Gasteiger partial charge < -0.3 is 19.6 Å². The number of para-hydroxylation sites is 1. The molecular weight excluding hydrogens is 354 g/mol. The monoisotopic (exact) mass is 373 g/mol. The van der Waals surface area contributed by atoms with Gasteiger partial charge in [-0.3, -0.25) is 4.79 Å². The summed E-state index contributed by atoms with van der Waals surface area (Å²) in [6, 6.07) is 19.8. The van der Waals surface area contributed by atoms with Gasteiger partial charge in [0, 0.05) is 29.7 Å². The van der Waals surface area contributed by atoms with Gasteiger partial charge in [-0.2, -0.15) is 0 Å². The summed E-state index contributed by atoms with van der Waals surface area (Å²) in [6.45, 7) is 0.330. The average Bonchev–Trinajstić information content (AvgIpc) is 3.11. The predicted octanol–water partition coefficient (Wildman–Crippen LogP) is 3.80. The molecule has 4 rings (SSSR count). The van der Waals surface area contributed by atoms with Crippen LogP contribution in [0.1, 0.15) is 11.3 Å². The zero-order chi connectivity index (χ0) is 19.3. The number of carbonyl (C=O) groups excluding carboxylic acids is 1. The van der Waals surface area contributed by atoms with Crippen LogP contribution in [0.15, 0.2) is 79.1 Å². The molecule has 0 unspecified atom stereocenters. The lowest BCUT2D eigenvalue weighted by Gasteiger charge is -2.09. The largest absolute Gasteiger partial charge is 0.508 e. The quantitative estimate of drug-likeness (QED) is 0.539. The lowest BCUT2D eigenvalue weighted by Crippen LogP contribution is -2.14. The Kier molecular flexibility index (Phi) is 4.93. The standard InChI is InChI=1S/C22H19N3O3/c26-20-9-2-1-6-16(20)12-22(27)24-17-7-5-8-19(13-17)28-15-18-14-25-11-4-3-10-21(25)23-18/h1-11,13-14,26H,12,15H2,(H,24,27). The van der Waals surface area contributed by atoms with Gasteiger partial charge in [0.15, 0.2) is 0 Å². The Morgan fingerprint density at radius 3 is 2.79 bits per heavy atom. The van der Waals surface area contributed by atoms with Gasteiger partial charge in [-0.25, -0.2) is 4.98 Å². The Bertz CT molecular complexity index is 1090. The van der Waals surface area contributed by atoms with Gasteiger partial charge in [0.25, 0.3) is 0 Å². The first-order chi connectivity index (χ1) is 13.7. The minimum atomic E-state index is -0.209. The molecule has 2 heterocycles. The number of nitrogens with one attached hydrogen (secondary N) is 1. The molecular formula is C22H19N3O3. The van der Waals surface area contributed by atoms with Crippen molar-refractivity contribution in [2.24, 2.45) is 0 Å². The summed E-state index contributed by atoms with van der Waals surface area (Å²) < 4.78 is 7.75. The Balaban J connectivity index is 1.38. The Morgan fingerprint density at radius 1 is 1.07 bits per heavy atom. The van der Waals surface area contributed by atoms with Crippen LogP contribution in [-0.4, -0.2) is 20.4 Å². The summed E-state index contributed by atoms with van der Waals surface area (Å²) in [4.78, 5) is 16.7. The van der Waals surface area contributed by atoms with E-state index < -0.39 is 0 Å². The smallest absolute Gasteiger partial charge is 0.228 e. The van der Waals surface area contributed by atoms with E-state index in [1.807, 2.05) is 47.1 Å². The van der Waals surface area contributed by atoms with E-state index in [2.05, 4.69) is 10.3 Å². The number of anilines is 1. The third kappa shape index (κ3) is 4.12. The molecule has 0 aliphatic heterocycles. The van der Waals surface area contributed by atoms with Gasteiger partial charge in [-0.05, 0) is 30.3 Å². The lowest BCUT2D eigenvalue weighted by atomic mass is 10.1. The number of phenolic OH excluding ortho intramolecular Hbond substituents is 1. The number of aromatic hydroxyl groups is 1. The molecule has 0 aliphatic rings. The Morgan fingerprint density at radius 2 is 1.93 bits per heavy atom. The lowest BCUT2D eigenvalue weighted by molar-refractivity contribution is -0.115. The van der Waals surface area contributed by atoms with Crippen molar-refractivity contribution in [1.82, 2.24) is 9.38 Å². The maximum atomic E-state index is 12.2. The van der Waals surface area contributed by atoms with Crippen molar-refractivity contribution in [2.75, 3.05) is 5.32 Å². The predicted molar refractivity (Wildman–Crippen MR) is 106 cm³/mol. The molecule has 140 valence electrons. The zero-order valence-electron chi connectivity index (χ0n) is 15.1. The number of hydrogen-bond acceptors (Lipinski definition) is 4. The van der Waals surface area contributed by atoms with Crippen LogP contribution >= 0.6 is 0 Å². The normalized spacial score (nSPS) is 10.7. The molecule has 2 aromatic carbocycles. The molecule has 0 aliphatic carbocycles. The van der Waals surface area contributed by atoms with Crippen LogP contribution in [0.2, 0.25) is 0 Å². The van der Waals surface area contributed by atoms with E-state index in [4.69, 9.17) is 4.74 Å². The minimum Gasteiger partial charge on any atom is -0.508 e. The van der Waals surface area contributed by atoms with Gasteiger partial charge in [-0.1, -0.05) is 30.3 Å². The van der Waals surface area contributed by atoms with Crippen molar-refractivity contribution >= 4 is 17.2 Å². The molecule has 0 saturated carbocycles. The van der Waals surface area contributed by atoms with Gasteiger partial charge in [0.1, 0.15) is 23.8 Å². The van der Waals surface area contributed by atoms with E-state index in [1.54, 1.807) is 36.4 Å². The number of aromatic nitrogens is 2. The van der Waals surface area contributed by atoms with Gasteiger partial charge >= 0.3 is 0 Å². The molecule has 0 spiro atoms. The highest BCUT2D eigenvalue weighted by Crippen LogP contribution is 2.20. The highest BCUT2D eigenvalue weighted by atomic mass is 16.5. The maximum absolute atomic E-state index is 12.2. The first-order valence-corrected chi connectivity index (χ1v) is 8.89. The van der Waals surface area contributed by atoms with Crippen molar-refractivity contribution in [1.29, 1.82) is 0 Å². The number of imidazole rings is 1. The number of fused-ring (bicyclic) bond motifs is 1. The molecule has 6 heteroatoms. The summed E-state index contributed by atoms with van der Waals surface area (Å²) in [6.07, 6.45) is 3.96. The van der Waals surface area contributed by atoms with Gasteiger partial charge in [-0.15, -0.1) is 0 Å². The van der Waals surface area contributed by atoms with E-state index in [0.717, 1.165) is 11.3 Å². The van der Waals surface area contributed by atoms with E-state index >= 15 is 0 Å². The first-order valence-electron chi connectivity index (χ1n) is 8.89. The van der Waals surface area contributed by atoms with E-state index in [0.29, 0.717) is 23.6 Å². The molecule has 4 aromatic rings. The number of nitrogens with zero attached hydrogens (tertiary/aromatic N) is 2. The molecule has 2 aromatic heterocycles. The molecule has 0 saturated heterocycles. The molecule has 2 N–H and O–H groups in total. The molecule has 6 nitrogen and oxygen atoms in total. The number of rotatable bonds is 6. The summed E-state index contributed by atoms with van der Waals surface area (Å²) in [5, 5.41) is 12.6. The van der Waals surface area contributed by atoms with E-state index in [-0.39, 0.29) is 18.1 Å². The van der Waals surface area contributed by atoms with E-state index in [1.165, 1.54) is 0 Å². The average molecular weight is 373 g/mol. The van der Waals surface area contributed by atoms with E-state index in [9.17, 15) is 9.90 Å². The molecule has 28 heavy (non-hydrogen) atoms. The second-order valence-electron chi connectivity index (χ2n) is 6.37. The van der Waals surface area contributed by atoms with Crippen molar-refractivity contribution in [2.45, 2.75) is 13.0 Å². The summed E-state index contributed by atoms with van der Waals surface area (Å²) in [7, 11) is 0. The van der Waals surface area contributed by atoms with Crippen LogP contribution < -0.4 is 10.1 Å². The van der Waals surface area contributed by atoms with Crippen molar-refractivity contribution in [3.05, 3.63) is 90.4 Å². The number of hydrogen-bond donors (Lipinski definition) is 2. The topological polar surface area (TPSA) is 75.9 Å². The second-order valence-corrected chi connectivity index (χ2v) is 6.37. The zero-order valence-corrected chi connectivity index (χ0v) is 15.1. The fourth-order valence-corrected chi connectivity index (χ4v) is 2.92. The Hall–Kier alpha value is -3.80. The van der Waals surface area contributed by atoms with Crippen LogP contribution in [-0.2, 0) is 17.8 Å². The van der Waals surface area contributed by atoms with Crippen molar-refractivity contribution < 1.29 is 14.6 Å². The molecule has 0 fully saturated rings. The summed E-state index contributed by atoms with van der Waals surface area (Å²) in [5.74, 6) is 0.540. The number of pyridine rings is 1. The fraction of sp³-hybridized carbons (Fsp3) is 0.0909. The molecule has 0 bridgehead atoms. The third-order valence-electron chi connectivity index (χ3n) is 4.26. The number of carbonyl (C=O) groups is 1. The van der Waals surface area contributed by atoms with Gasteiger partial charge in [0.2, 0.25) is 5.91 Å². The number of ether oxygens (including phenoxy) is 1. The van der Waals surface area contributed by atoms with Crippen LogP contribution in [0, 0.1) is 0 Å². The van der Waals surface area contributed by atoms with Crippen molar-refractivity contribution in [3.8, 4) is 11.5 Å². The number of phenols is 1. The maximum Gasteiger partial charge on any atom is 0.228 e. The summed E-state index contributed by atoms with van der Waals surface area (Å²) >= 11 is 0. The number of amides is 1. The second kappa shape index (κ2) is 7.84. The molecule has 0 atom stereocenters. The van der Waals surface area contributed by atoms with Gasteiger partial charge in [0.05, 0.1) is 12.1 Å². The fourth-order valence-electron chi connectivity index (χ4n) is 2.92. The Labute approximate surface area is 162 Å². The highest BCUT2D eigenvalue weighted by Gasteiger charge is 2.08. The minimum absolute atomic E-state index is 0.0962. The summed E-state index contributed by atoms with van der Waals surface area (Å²) in [5.41, 5.74) is 2.90. The first kappa shape index (κ1) is 17.6. The van der Waals surface area contributed by atoms with Crippen LogP contribution in [0.5, 0.6) is 11.5 Å². The third-order valence-corrected chi connectivity index (χ3v) is 4.26. The molecule has 1 amide bonds. The SMILES string of the molecule is O=C(Cc1ccccc1O)Nc1cccc(OCc2cn3ccccc3n2)c1. The molecule has 0 radical (unpaired) electrons. The highest BCUT2D eigenvalue weighted by molar-refractivity contribution is 5.92. The van der Waals surface area contributed by atoms with Crippen LogP contribution in [0.3, 0.4) is 0 Å². The van der Waals surface area contributed by atoms with Crippen molar-refractivity contribution in [3.63, 3.8) is 0 Å². The number of benzene rings is 2. The van der Waals surface area contributed by atoms with Crippen LogP contribution in [0.4, 0.5) is 5.69 Å². The van der Waals surface area contributed by atoms with Crippen LogP contribution in [0.25, 0.3) is 5.65 Å².